The molecule has 0 heterocycles. The van der Waals surface area contributed by atoms with Gasteiger partial charge in [0.25, 0.3) is 11.6 Å². The molecular weight excluding hydrogens is 264 g/mol. The fraction of sp³-hybridized carbons (Fsp3) is 0.417. The number of aliphatic hydroxyl groups is 1. The number of non-ortho nitro benzene ring substituents is 1. The highest BCUT2D eigenvalue weighted by Crippen LogP contribution is 2.30. The first kappa shape index (κ1) is 14.2. The summed E-state index contributed by atoms with van der Waals surface area (Å²) in [5.41, 5.74) is 2.66. The number of carbonyl (C=O) groups excluding carboxylic acids is 1. The largest absolute Gasteiger partial charge is 0.395 e. The predicted molar refractivity (Wildman–Crippen MR) is 72.1 cm³/mol. The molecule has 20 heavy (non-hydrogen) atoms. The van der Waals surface area contributed by atoms with Gasteiger partial charge in [-0.05, 0) is 18.9 Å². The lowest BCUT2D eigenvalue weighted by Crippen LogP contribution is -2.36. The van der Waals surface area contributed by atoms with Crippen LogP contribution in [0.15, 0.2) is 18.2 Å². The molecule has 0 aliphatic heterocycles. The van der Waals surface area contributed by atoms with Gasteiger partial charge in [0.2, 0.25) is 0 Å². The molecule has 0 bridgehead atoms. The van der Waals surface area contributed by atoms with Crippen molar-refractivity contribution in [3.63, 3.8) is 0 Å². The summed E-state index contributed by atoms with van der Waals surface area (Å²) in [5, 5.41) is 19.8. The summed E-state index contributed by atoms with van der Waals surface area (Å²) in [6, 6.07) is 3.97. The van der Waals surface area contributed by atoms with Crippen molar-refractivity contribution in [2.45, 2.75) is 18.9 Å². The number of benzene rings is 1. The highest BCUT2D eigenvalue weighted by Gasteiger charge is 2.33. The van der Waals surface area contributed by atoms with Crippen molar-refractivity contribution < 1.29 is 14.8 Å². The summed E-state index contributed by atoms with van der Waals surface area (Å²) in [7, 11) is 0. The van der Waals surface area contributed by atoms with E-state index < -0.39 is 4.92 Å². The van der Waals surface area contributed by atoms with Crippen LogP contribution < -0.4 is 11.3 Å². The van der Waals surface area contributed by atoms with Gasteiger partial charge in [-0.2, -0.15) is 0 Å². The van der Waals surface area contributed by atoms with E-state index >= 15 is 0 Å². The summed E-state index contributed by atoms with van der Waals surface area (Å²) in [4.78, 5) is 24.2. The number of amides is 1. The Hall–Kier alpha value is -2.19. The van der Waals surface area contributed by atoms with E-state index in [1.54, 1.807) is 0 Å². The maximum absolute atomic E-state index is 12.5. The smallest absolute Gasteiger partial charge is 0.270 e. The fourth-order valence-corrected chi connectivity index (χ4v) is 2.05. The van der Waals surface area contributed by atoms with Crippen molar-refractivity contribution in [3.8, 4) is 0 Å². The maximum Gasteiger partial charge on any atom is 0.270 e. The van der Waals surface area contributed by atoms with E-state index in [2.05, 4.69) is 5.43 Å². The number of nitro benzene ring substituents is 1. The monoisotopic (exact) mass is 280 g/mol. The molecule has 1 aromatic carbocycles. The Kier molecular flexibility index (Phi) is 4.16. The number of nitrogens with one attached hydrogen (secondary N) is 1. The lowest BCUT2D eigenvalue weighted by molar-refractivity contribution is -0.384. The standard InChI is InChI=1S/C12H16N4O4/c13-14-11-4-3-9(16(19)20)7-10(11)12(18)15(5-6-17)8-1-2-8/h3-4,7-8,14,17H,1-2,5-6,13H2. The fourth-order valence-electron chi connectivity index (χ4n) is 2.05. The first-order valence-electron chi connectivity index (χ1n) is 6.25. The summed E-state index contributed by atoms with van der Waals surface area (Å²) in [6.45, 7) is 0.0543. The third-order valence-corrected chi connectivity index (χ3v) is 3.19. The van der Waals surface area contributed by atoms with Gasteiger partial charge in [0.05, 0.1) is 22.8 Å². The van der Waals surface area contributed by atoms with E-state index in [0.29, 0.717) is 5.69 Å². The lowest BCUT2D eigenvalue weighted by Gasteiger charge is -2.22. The van der Waals surface area contributed by atoms with Crippen molar-refractivity contribution in [3.05, 3.63) is 33.9 Å². The predicted octanol–water partition coefficient (Wildman–Crippen LogP) is 0.477. The maximum atomic E-state index is 12.5. The SMILES string of the molecule is NNc1ccc([N+](=O)[O-])cc1C(=O)N(CCO)C1CC1. The molecule has 0 atom stereocenters. The number of hydrogen-bond acceptors (Lipinski definition) is 6. The van der Waals surface area contributed by atoms with Gasteiger partial charge in [-0.3, -0.25) is 20.8 Å². The van der Waals surface area contributed by atoms with Gasteiger partial charge < -0.3 is 15.4 Å². The minimum absolute atomic E-state index is 0.0968. The Balaban J connectivity index is 2.35. The second kappa shape index (κ2) is 5.85. The Bertz CT molecular complexity index is 530. The zero-order valence-corrected chi connectivity index (χ0v) is 10.8. The van der Waals surface area contributed by atoms with Gasteiger partial charge in [0.1, 0.15) is 0 Å². The van der Waals surface area contributed by atoms with Crippen LogP contribution in [0.25, 0.3) is 0 Å². The molecular formula is C12H16N4O4. The van der Waals surface area contributed by atoms with E-state index in [9.17, 15) is 14.9 Å². The molecule has 1 aromatic rings. The molecule has 0 radical (unpaired) electrons. The molecule has 2 rings (SSSR count). The highest BCUT2D eigenvalue weighted by atomic mass is 16.6. The first-order valence-corrected chi connectivity index (χ1v) is 6.25. The molecule has 8 heteroatoms. The molecule has 0 saturated heterocycles. The highest BCUT2D eigenvalue weighted by molar-refractivity contribution is 6.00. The van der Waals surface area contributed by atoms with Crippen LogP contribution in [0.2, 0.25) is 0 Å². The number of anilines is 1. The van der Waals surface area contributed by atoms with Crippen molar-refractivity contribution in [1.29, 1.82) is 0 Å². The third kappa shape index (κ3) is 2.86. The molecule has 0 unspecified atom stereocenters. The van der Waals surface area contributed by atoms with Crippen LogP contribution in [0, 0.1) is 10.1 Å². The van der Waals surface area contributed by atoms with Crippen LogP contribution in [-0.4, -0.2) is 40.0 Å². The molecule has 1 saturated carbocycles. The van der Waals surface area contributed by atoms with Crippen LogP contribution in [0.4, 0.5) is 11.4 Å². The Morgan fingerprint density at radius 2 is 2.25 bits per heavy atom. The molecule has 1 amide bonds. The van der Waals surface area contributed by atoms with Gasteiger partial charge in [0.15, 0.2) is 0 Å². The van der Waals surface area contributed by atoms with Crippen LogP contribution in [0.1, 0.15) is 23.2 Å². The number of carbonyl (C=O) groups is 1. The number of nitro groups is 1. The van der Waals surface area contributed by atoms with Gasteiger partial charge in [-0.15, -0.1) is 0 Å². The second-order valence-electron chi connectivity index (χ2n) is 4.58. The summed E-state index contributed by atoms with van der Waals surface area (Å²) in [5.74, 6) is 4.98. The van der Waals surface area contributed by atoms with E-state index in [1.807, 2.05) is 0 Å². The van der Waals surface area contributed by atoms with Crippen molar-refractivity contribution in [2.24, 2.45) is 5.84 Å². The molecule has 8 nitrogen and oxygen atoms in total. The number of hydrazine groups is 1. The lowest BCUT2D eigenvalue weighted by atomic mass is 10.1. The van der Waals surface area contributed by atoms with Gasteiger partial charge in [-0.1, -0.05) is 0 Å². The zero-order valence-electron chi connectivity index (χ0n) is 10.8. The minimum atomic E-state index is -0.565. The number of nitrogens with two attached hydrogens (primary N) is 1. The van der Waals surface area contributed by atoms with Crippen molar-refractivity contribution in [1.82, 2.24) is 4.90 Å². The van der Waals surface area contributed by atoms with Crippen molar-refractivity contribution in [2.75, 3.05) is 18.6 Å². The van der Waals surface area contributed by atoms with Gasteiger partial charge in [-0.25, -0.2) is 0 Å². The quantitative estimate of drug-likeness (QED) is 0.396. The van der Waals surface area contributed by atoms with E-state index in [-0.39, 0.29) is 36.4 Å². The molecule has 108 valence electrons. The van der Waals surface area contributed by atoms with E-state index in [1.165, 1.54) is 23.1 Å². The van der Waals surface area contributed by atoms with Gasteiger partial charge >= 0.3 is 0 Å². The number of nitrogen functional groups attached to an aromatic ring is 1. The number of rotatable bonds is 6. The average Bonchev–Trinajstić information content (AvgIpc) is 3.27. The zero-order chi connectivity index (χ0) is 14.7. The topological polar surface area (TPSA) is 122 Å². The summed E-state index contributed by atoms with van der Waals surface area (Å²) in [6.07, 6.45) is 1.76. The molecule has 1 aliphatic carbocycles. The minimum Gasteiger partial charge on any atom is -0.395 e. The summed E-state index contributed by atoms with van der Waals surface area (Å²) < 4.78 is 0. The van der Waals surface area contributed by atoms with Gasteiger partial charge in [0, 0.05) is 24.7 Å². The molecule has 0 aromatic heterocycles. The number of hydrogen-bond donors (Lipinski definition) is 3. The second-order valence-corrected chi connectivity index (χ2v) is 4.58. The van der Waals surface area contributed by atoms with Crippen LogP contribution in [0.3, 0.4) is 0 Å². The molecule has 1 fully saturated rings. The Morgan fingerprint density at radius 1 is 1.55 bits per heavy atom. The molecule has 4 N–H and O–H groups in total. The van der Waals surface area contributed by atoms with E-state index in [0.717, 1.165) is 12.8 Å². The first-order chi connectivity index (χ1) is 9.58. The number of nitrogens with zero attached hydrogens (tertiary/aromatic N) is 2. The summed E-state index contributed by atoms with van der Waals surface area (Å²) >= 11 is 0. The third-order valence-electron chi connectivity index (χ3n) is 3.19. The van der Waals surface area contributed by atoms with Crippen LogP contribution in [-0.2, 0) is 0 Å². The number of aliphatic hydroxyl groups excluding tert-OH is 1. The molecule has 0 spiro atoms. The van der Waals surface area contributed by atoms with Crippen LogP contribution in [0.5, 0.6) is 0 Å². The van der Waals surface area contributed by atoms with E-state index in [4.69, 9.17) is 10.9 Å². The Morgan fingerprint density at radius 3 is 2.75 bits per heavy atom. The Labute approximate surface area is 115 Å². The normalized spacial score (nSPS) is 13.9. The van der Waals surface area contributed by atoms with Crippen molar-refractivity contribution >= 4 is 17.3 Å². The molecule has 1 aliphatic rings. The van der Waals surface area contributed by atoms with Crippen LogP contribution >= 0.6 is 0 Å². The average molecular weight is 280 g/mol.